The highest BCUT2D eigenvalue weighted by atomic mass is 16.3. The molecule has 0 unspecified atom stereocenters. The van der Waals surface area contributed by atoms with Crippen LogP contribution in [0.4, 0.5) is 0 Å². The Morgan fingerprint density at radius 1 is 1.25 bits per heavy atom. The SMILES string of the molecule is CCCCC[C@H](C)/C=C/[C@@H]1[C@H]2Cc3cccc(O)c3C[C@H]2C[C@H]1C. The Hall–Kier alpha value is -1.24. The summed E-state index contributed by atoms with van der Waals surface area (Å²) in [4.78, 5) is 0. The fourth-order valence-electron chi connectivity index (χ4n) is 5.11. The molecule has 24 heavy (non-hydrogen) atoms. The van der Waals surface area contributed by atoms with E-state index in [1.165, 1.54) is 43.2 Å². The lowest BCUT2D eigenvalue weighted by Crippen LogP contribution is -2.25. The summed E-state index contributed by atoms with van der Waals surface area (Å²) in [6.07, 6.45) is 14.0. The van der Waals surface area contributed by atoms with Crippen LogP contribution >= 0.6 is 0 Å². The quantitative estimate of drug-likeness (QED) is 0.491. The molecule has 0 radical (unpaired) electrons. The average molecular weight is 327 g/mol. The second kappa shape index (κ2) is 7.76. The van der Waals surface area contributed by atoms with Crippen LogP contribution in [0.5, 0.6) is 5.75 Å². The summed E-state index contributed by atoms with van der Waals surface area (Å²) in [6.45, 7) is 7.08. The molecule has 132 valence electrons. The number of phenolic OH excluding ortho intramolecular Hbond substituents is 1. The highest BCUT2D eigenvalue weighted by Crippen LogP contribution is 2.49. The maximum atomic E-state index is 10.2. The van der Waals surface area contributed by atoms with Gasteiger partial charge in [0, 0.05) is 0 Å². The second-order valence-electron chi connectivity index (χ2n) is 8.40. The van der Waals surface area contributed by atoms with Crippen LogP contribution < -0.4 is 0 Å². The van der Waals surface area contributed by atoms with Crippen molar-refractivity contribution in [1.82, 2.24) is 0 Å². The summed E-state index contributed by atoms with van der Waals surface area (Å²) in [5.41, 5.74) is 2.61. The molecule has 2 aliphatic rings. The van der Waals surface area contributed by atoms with Gasteiger partial charge in [-0.3, -0.25) is 0 Å². The van der Waals surface area contributed by atoms with Gasteiger partial charge in [0.25, 0.3) is 0 Å². The Kier molecular flexibility index (Phi) is 5.69. The molecule has 1 aromatic rings. The highest BCUT2D eigenvalue weighted by molar-refractivity contribution is 5.42. The van der Waals surface area contributed by atoms with Gasteiger partial charge in [-0.15, -0.1) is 0 Å². The molecule has 1 aromatic carbocycles. The van der Waals surface area contributed by atoms with Crippen molar-refractivity contribution < 1.29 is 5.11 Å². The fourth-order valence-corrected chi connectivity index (χ4v) is 5.11. The number of aromatic hydroxyl groups is 1. The van der Waals surface area contributed by atoms with Crippen molar-refractivity contribution in [3.63, 3.8) is 0 Å². The van der Waals surface area contributed by atoms with Gasteiger partial charge in [0.15, 0.2) is 0 Å². The molecule has 0 saturated heterocycles. The Balaban J connectivity index is 1.67. The van der Waals surface area contributed by atoms with Gasteiger partial charge in [-0.05, 0) is 72.5 Å². The van der Waals surface area contributed by atoms with Crippen LogP contribution in [-0.2, 0) is 12.8 Å². The Labute approximate surface area is 148 Å². The van der Waals surface area contributed by atoms with Gasteiger partial charge >= 0.3 is 0 Å². The van der Waals surface area contributed by atoms with Crippen LogP contribution in [0, 0.1) is 29.6 Å². The van der Waals surface area contributed by atoms with Gasteiger partial charge in [-0.2, -0.15) is 0 Å². The standard InChI is InChI=1S/C23H34O/c1-4-5-6-8-16(2)11-12-20-17(3)13-19-15-22-18(14-21(19)20)9-7-10-23(22)24/h7,9-12,16-17,19-21,24H,4-6,8,13-15H2,1-3H3/b12-11+/t16-,17+,19+,20-,21-/m0/s1. The molecule has 1 saturated carbocycles. The van der Waals surface area contributed by atoms with Gasteiger partial charge < -0.3 is 5.11 Å². The van der Waals surface area contributed by atoms with E-state index in [1.807, 2.05) is 12.1 Å². The van der Waals surface area contributed by atoms with E-state index >= 15 is 0 Å². The van der Waals surface area contributed by atoms with E-state index < -0.39 is 0 Å². The third kappa shape index (κ3) is 3.71. The fraction of sp³-hybridized carbons (Fsp3) is 0.652. The van der Waals surface area contributed by atoms with Crippen LogP contribution in [0.25, 0.3) is 0 Å². The van der Waals surface area contributed by atoms with Crippen LogP contribution in [0.3, 0.4) is 0 Å². The minimum Gasteiger partial charge on any atom is -0.508 e. The maximum absolute atomic E-state index is 10.2. The minimum atomic E-state index is 0.516. The summed E-state index contributed by atoms with van der Waals surface area (Å²) >= 11 is 0. The zero-order chi connectivity index (χ0) is 17.1. The van der Waals surface area contributed by atoms with Gasteiger partial charge in [-0.25, -0.2) is 0 Å². The number of rotatable bonds is 6. The lowest BCUT2D eigenvalue weighted by atomic mass is 9.74. The molecular formula is C23H34O. The van der Waals surface area contributed by atoms with Crippen molar-refractivity contribution in [2.24, 2.45) is 29.6 Å². The Morgan fingerprint density at radius 2 is 2.08 bits per heavy atom. The number of unbranched alkanes of at least 4 members (excludes halogenated alkanes) is 2. The molecule has 1 fully saturated rings. The summed E-state index contributed by atoms with van der Waals surface area (Å²) in [7, 11) is 0. The molecule has 0 aromatic heterocycles. The largest absolute Gasteiger partial charge is 0.508 e. The normalized spacial score (nSPS) is 30.3. The van der Waals surface area contributed by atoms with Gasteiger partial charge in [0.2, 0.25) is 0 Å². The number of fused-ring (bicyclic) bond motifs is 2. The molecule has 1 nitrogen and oxygen atoms in total. The number of hydrogen-bond acceptors (Lipinski definition) is 1. The van der Waals surface area contributed by atoms with Crippen molar-refractivity contribution in [2.45, 2.75) is 65.7 Å². The first-order valence-corrected chi connectivity index (χ1v) is 10.1. The predicted molar refractivity (Wildman–Crippen MR) is 102 cm³/mol. The lowest BCUT2D eigenvalue weighted by Gasteiger charge is -2.31. The zero-order valence-corrected chi connectivity index (χ0v) is 15.7. The summed E-state index contributed by atoms with van der Waals surface area (Å²) in [5.74, 6) is 4.25. The highest BCUT2D eigenvalue weighted by Gasteiger charge is 2.42. The average Bonchev–Trinajstić information content (AvgIpc) is 2.86. The van der Waals surface area contributed by atoms with Crippen molar-refractivity contribution >= 4 is 0 Å². The minimum absolute atomic E-state index is 0.516. The number of phenols is 1. The monoisotopic (exact) mass is 326 g/mol. The topological polar surface area (TPSA) is 20.2 Å². The third-order valence-corrected chi connectivity index (χ3v) is 6.53. The van der Waals surface area contributed by atoms with Crippen molar-refractivity contribution in [3.05, 3.63) is 41.5 Å². The molecular weight excluding hydrogens is 292 g/mol. The van der Waals surface area contributed by atoms with Crippen molar-refractivity contribution in [2.75, 3.05) is 0 Å². The summed E-state index contributed by atoms with van der Waals surface area (Å²) < 4.78 is 0. The van der Waals surface area contributed by atoms with Crippen LogP contribution in [-0.4, -0.2) is 5.11 Å². The first-order chi connectivity index (χ1) is 11.6. The molecule has 5 atom stereocenters. The van der Waals surface area contributed by atoms with E-state index in [0.717, 1.165) is 36.5 Å². The number of hydrogen-bond donors (Lipinski definition) is 1. The number of benzene rings is 1. The number of allylic oxidation sites excluding steroid dienone is 2. The third-order valence-electron chi connectivity index (χ3n) is 6.53. The van der Waals surface area contributed by atoms with Gasteiger partial charge in [0.05, 0.1) is 0 Å². The molecule has 3 rings (SSSR count). The summed E-state index contributed by atoms with van der Waals surface area (Å²) in [5, 5.41) is 10.2. The van der Waals surface area contributed by atoms with Crippen LogP contribution in [0.2, 0.25) is 0 Å². The van der Waals surface area contributed by atoms with Gasteiger partial charge in [0.1, 0.15) is 5.75 Å². The van der Waals surface area contributed by atoms with E-state index in [-0.39, 0.29) is 0 Å². The van der Waals surface area contributed by atoms with E-state index in [2.05, 4.69) is 39.0 Å². The predicted octanol–water partition coefficient (Wildman–Crippen LogP) is 6.15. The maximum Gasteiger partial charge on any atom is 0.119 e. The molecule has 0 heterocycles. The summed E-state index contributed by atoms with van der Waals surface area (Å²) in [6, 6.07) is 6.09. The molecule has 0 bridgehead atoms. The van der Waals surface area contributed by atoms with Gasteiger partial charge in [-0.1, -0.05) is 64.3 Å². The molecule has 0 amide bonds. The van der Waals surface area contributed by atoms with E-state index in [9.17, 15) is 5.11 Å². The molecule has 0 spiro atoms. The lowest BCUT2D eigenvalue weighted by molar-refractivity contribution is 0.311. The molecule has 0 aliphatic heterocycles. The second-order valence-corrected chi connectivity index (χ2v) is 8.40. The van der Waals surface area contributed by atoms with Crippen molar-refractivity contribution in [3.8, 4) is 5.75 Å². The Morgan fingerprint density at radius 3 is 2.88 bits per heavy atom. The van der Waals surface area contributed by atoms with Crippen LogP contribution in [0.1, 0.15) is 64.0 Å². The van der Waals surface area contributed by atoms with Crippen molar-refractivity contribution in [1.29, 1.82) is 0 Å². The first kappa shape index (κ1) is 17.6. The molecule has 2 aliphatic carbocycles. The van der Waals surface area contributed by atoms with E-state index in [0.29, 0.717) is 11.7 Å². The van der Waals surface area contributed by atoms with E-state index in [1.54, 1.807) is 0 Å². The van der Waals surface area contributed by atoms with Crippen LogP contribution in [0.15, 0.2) is 30.4 Å². The zero-order valence-electron chi connectivity index (χ0n) is 15.7. The first-order valence-electron chi connectivity index (χ1n) is 10.1. The Bertz CT molecular complexity index is 573. The van der Waals surface area contributed by atoms with E-state index in [4.69, 9.17) is 0 Å². The molecule has 1 N–H and O–H groups in total. The molecule has 1 heteroatoms. The smallest absolute Gasteiger partial charge is 0.119 e.